The maximum atomic E-state index is 11.9. The summed E-state index contributed by atoms with van der Waals surface area (Å²) in [7, 11) is 3.03. The Morgan fingerprint density at radius 2 is 2.00 bits per heavy atom. The number of H-pyrrole nitrogens is 1. The van der Waals surface area contributed by atoms with Crippen molar-refractivity contribution in [2.45, 2.75) is 20.0 Å². The van der Waals surface area contributed by atoms with Crippen LogP contribution in [0.2, 0.25) is 0 Å². The fraction of sp³-hybridized carbons (Fsp3) is 0.545. The Balaban J connectivity index is 2.51. The first kappa shape index (κ1) is 12.6. The van der Waals surface area contributed by atoms with Crippen LogP contribution in [0.4, 0.5) is 0 Å². The number of aryl methyl sites for hydroxylation is 1. The van der Waals surface area contributed by atoms with Crippen molar-refractivity contribution in [1.82, 2.24) is 19.1 Å². The molecule has 18 heavy (non-hydrogen) atoms. The van der Waals surface area contributed by atoms with E-state index in [1.165, 1.54) is 11.6 Å². The highest BCUT2D eigenvalue weighted by molar-refractivity contribution is 5.69. The van der Waals surface area contributed by atoms with Crippen molar-refractivity contribution in [2.24, 2.45) is 14.1 Å². The highest BCUT2D eigenvalue weighted by atomic mass is 16.5. The Hall–Kier alpha value is -1.89. The Morgan fingerprint density at radius 1 is 1.28 bits per heavy atom. The SMILES string of the molecule is CCCOCc1nc2c([nH]1)c(=O)n(C)c(=O)n2C. The van der Waals surface area contributed by atoms with Crippen LogP contribution in [0.25, 0.3) is 11.2 Å². The van der Waals surface area contributed by atoms with Gasteiger partial charge in [0.05, 0.1) is 0 Å². The monoisotopic (exact) mass is 252 g/mol. The number of hydrogen-bond donors (Lipinski definition) is 1. The number of rotatable bonds is 4. The van der Waals surface area contributed by atoms with Crippen LogP contribution in [0.1, 0.15) is 19.2 Å². The second-order valence-corrected chi connectivity index (χ2v) is 4.14. The zero-order valence-corrected chi connectivity index (χ0v) is 10.7. The molecule has 0 fully saturated rings. The van der Waals surface area contributed by atoms with Crippen LogP contribution in [-0.2, 0) is 25.4 Å². The molecule has 0 spiro atoms. The quantitative estimate of drug-likeness (QED) is 0.769. The van der Waals surface area contributed by atoms with Gasteiger partial charge in [-0.3, -0.25) is 13.9 Å². The summed E-state index contributed by atoms with van der Waals surface area (Å²) in [5.74, 6) is 0.553. The summed E-state index contributed by atoms with van der Waals surface area (Å²) in [4.78, 5) is 30.7. The van der Waals surface area contributed by atoms with Crippen molar-refractivity contribution < 1.29 is 4.74 Å². The summed E-state index contributed by atoms with van der Waals surface area (Å²) >= 11 is 0. The van der Waals surface area contributed by atoms with Crippen LogP contribution < -0.4 is 11.2 Å². The Kier molecular flexibility index (Phi) is 3.33. The fourth-order valence-corrected chi connectivity index (χ4v) is 1.76. The van der Waals surface area contributed by atoms with Crippen molar-refractivity contribution in [1.29, 1.82) is 0 Å². The van der Waals surface area contributed by atoms with Gasteiger partial charge in [0.2, 0.25) is 0 Å². The molecule has 98 valence electrons. The van der Waals surface area contributed by atoms with Crippen molar-refractivity contribution >= 4 is 11.2 Å². The molecule has 2 heterocycles. The number of imidazole rings is 1. The van der Waals surface area contributed by atoms with Crippen LogP contribution in [-0.4, -0.2) is 25.7 Å². The van der Waals surface area contributed by atoms with Gasteiger partial charge in [0.1, 0.15) is 17.9 Å². The molecule has 0 saturated carbocycles. The second kappa shape index (κ2) is 4.77. The number of nitrogens with zero attached hydrogens (tertiary/aromatic N) is 3. The molecule has 0 saturated heterocycles. The Labute approximate surface area is 103 Å². The third kappa shape index (κ3) is 1.97. The first-order valence-corrected chi connectivity index (χ1v) is 5.78. The molecule has 0 aliphatic carbocycles. The van der Waals surface area contributed by atoms with E-state index in [4.69, 9.17) is 4.74 Å². The molecule has 2 aromatic heterocycles. The minimum absolute atomic E-state index is 0.305. The van der Waals surface area contributed by atoms with E-state index in [2.05, 4.69) is 9.97 Å². The van der Waals surface area contributed by atoms with E-state index in [1.54, 1.807) is 7.05 Å². The average Bonchev–Trinajstić information content (AvgIpc) is 2.78. The standard InChI is InChI=1S/C11H16N4O3/c1-4-5-18-6-7-12-8-9(13-7)14(2)11(17)15(3)10(8)16/h4-6H2,1-3H3,(H,12,13). The number of nitrogens with one attached hydrogen (secondary N) is 1. The molecular weight excluding hydrogens is 236 g/mol. The molecule has 0 radical (unpaired) electrons. The third-order valence-corrected chi connectivity index (χ3v) is 2.73. The lowest BCUT2D eigenvalue weighted by molar-refractivity contribution is 0.117. The van der Waals surface area contributed by atoms with Gasteiger partial charge in [0.25, 0.3) is 5.56 Å². The van der Waals surface area contributed by atoms with Crippen molar-refractivity contribution in [3.63, 3.8) is 0 Å². The normalized spacial score (nSPS) is 11.3. The summed E-state index contributed by atoms with van der Waals surface area (Å²) in [5, 5.41) is 0. The molecule has 7 heteroatoms. The first-order valence-electron chi connectivity index (χ1n) is 5.78. The van der Waals surface area contributed by atoms with Gasteiger partial charge >= 0.3 is 5.69 Å². The average molecular weight is 252 g/mol. The Bertz CT molecular complexity index is 680. The van der Waals surface area contributed by atoms with Gasteiger partial charge in [-0.2, -0.15) is 0 Å². The molecule has 0 aliphatic heterocycles. The second-order valence-electron chi connectivity index (χ2n) is 4.14. The number of aromatic nitrogens is 4. The molecule has 7 nitrogen and oxygen atoms in total. The van der Waals surface area contributed by atoms with Gasteiger partial charge in [-0.05, 0) is 6.42 Å². The molecule has 2 rings (SSSR count). The van der Waals surface area contributed by atoms with Gasteiger partial charge in [0, 0.05) is 20.7 Å². The van der Waals surface area contributed by atoms with Crippen LogP contribution in [0.15, 0.2) is 9.59 Å². The summed E-state index contributed by atoms with van der Waals surface area (Å²) in [5.41, 5.74) is -0.0738. The zero-order chi connectivity index (χ0) is 13.3. The van der Waals surface area contributed by atoms with Gasteiger partial charge in [-0.15, -0.1) is 0 Å². The summed E-state index contributed by atoms with van der Waals surface area (Å²) in [6, 6.07) is 0. The van der Waals surface area contributed by atoms with Crippen LogP contribution in [0.5, 0.6) is 0 Å². The minimum atomic E-state index is -0.389. The van der Waals surface area contributed by atoms with Crippen LogP contribution in [0, 0.1) is 0 Å². The molecule has 1 N–H and O–H groups in total. The van der Waals surface area contributed by atoms with E-state index in [-0.39, 0.29) is 11.2 Å². The first-order chi connectivity index (χ1) is 8.56. The Morgan fingerprint density at radius 3 is 2.67 bits per heavy atom. The van der Waals surface area contributed by atoms with E-state index in [0.29, 0.717) is 30.2 Å². The molecular formula is C11H16N4O3. The smallest absolute Gasteiger partial charge is 0.332 e. The topological polar surface area (TPSA) is 81.9 Å². The largest absolute Gasteiger partial charge is 0.374 e. The van der Waals surface area contributed by atoms with E-state index < -0.39 is 0 Å². The number of ether oxygens (including phenoxy) is 1. The highest BCUT2D eigenvalue weighted by Crippen LogP contribution is 2.05. The maximum Gasteiger partial charge on any atom is 0.332 e. The minimum Gasteiger partial charge on any atom is -0.374 e. The van der Waals surface area contributed by atoms with Crippen molar-refractivity contribution in [2.75, 3.05) is 6.61 Å². The highest BCUT2D eigenvalue weighted by Gasteiger charge is 2.12. The molecule has 2 aromatic rings. The molecule has 0 aliphatic rings. The maximum absolute atomic E-state index is 11.9. The summed E-state index contributed by atoms with van der Waals surface area (Å²) in [6.45, 7) is 2.95. The van der Waals surface area contributed by atoms with E-state index >= 15 is 0 Å². The lowest BCUT2D eigenvalue weighted by Gasteiger charge is -2.00. The van der Waals surface area contributed by atoms with Crippen molar-refractivity contribution in [3.8, 4) is 0 Å². The molecule has 0 bridgehead atoms. The molecule has 0 amide bonds. The van der Waals surface area contributed by atoms with E-state index in [0.717, 1.165) is 11.0 Å². The predicted molar refractivity (Wildman–Crippen MR) is 66.5 cm³/mol. The van der Waals surface area contributed by atoms with E-state index in [1.807, 2.05) is 6.92 Å². The lowest BCUT2D eigenvalue weighted by Crippen LogP contribution is -2.36. The van der Waals surface area contributed by atoms with Crippen LogP contribution >= 0.6 is 0 Å². The van der Waals surface area contributed by atoms with Gasteiger partial charge in [0.15, 0.2) is 5.65 Å². The number of fused-ring (bicyclic) bond motifs is 1. The van der Waals surface area contributed by atoms with Crippen LogP contribution in [0.3, 0.4) is 0 Å². The number of hydrogen-bond acceptors (Lipinski definition) is 4. The van der Waals surface area contributed by atoms with Crippen molar-refractivity contribution in [3.05, 3.63) is 26.7 Å². The number of aromatic amines is 1. The lowest BCUT2D eigenvalue weighted by atomic mass is 10.5. The van der Waals surface area contributed by atoms with Gasteiger partial charge < -0.3 is 9.72 Å². The zero-order valence-electron chi connectivity index (χ0n) is 10.7. The molecule has 0 unspecified atom stereocenters. The summed E-state index contributed by atoms with van der Waals surface area (Å²) in [6.07, 6.45) is 0.917. The van der Waals surface area contributed by atoms with E-state index in [9.17, 15) is 9.59 Å². The third-order valence-electron chi connectivity index (χ3n) is 2.73. The molecule has 0 aromatic carbocycles. The van der Waals surface area contributed by atoms with Gasteiger partial charge in [-0.25, -0.2) is 9.78 Å². The summed E-state index contributed by atoms with van der Waals surface area (Å²) < 4.78 is 7.75. The fourth-order valence-electron chi connectivity index (χ4n) is 1.76. The molecule has 0 atom stereocenters. The predicted octanol–water partition coefficient (Wildman–Crippen LogP) is -0.113. The van der Waals surface area contributed by atoms with Gasteiger partial charge in [-0.1, -0.05) is 6.92 Å².